The van der Waals surface area contributed by atoms with Crippen LogP contribution in [0.4, 0.5) is 0 Å². The summed E-state index contributed by atoms with van der Waals surface area (Å²) in [4.78, 5) is 13.6. The normalized spacial score (nSPS) is 11.3. The molecule has 0 N–H and O–H groups in total. The van der Waals surface area contributed by atoms with E-state index < -0.39 is 0 Å². The first-order valence-corrected chi connectivity index (χ1v) is 29.5. The van der Waals surface area contributed by atoms with E-state index in [0.717, 1.165) is 44.1 Å². The Labute approximate surface area is 415 Å². The van der Waals surface area contributed by atoms with Gasteiger partial charge in [-0.1, -0.05) is 302 Å². The fourth-order valence-electron chi connectivity index (χ4n) is 9.29. The van der Waals surface area contributed by atoms with Gasteiger partial charge in [0.2, 0.25) is 5.75 Å². The predicted molar refractivity (Wildman–Crippen MR) is 289 cm³/mol. The van der Waals surface area contributed by atoms with E-state index in [1.165, 1.54) is 231 Å². The second-order valence-electron chi connectivity index (χ2n) is 20.2. The van der Waals surface area contributed by atoms with Crippen molar-refractivity contribution >= 4 is 5.97 Å². The lowest BCUT2D eigenvalue weighted by Gasteiger charge is -2.19. The second kappa shape index (κ2) is 47.0. The topological polar surface area (TPSA) is 54.0 Å². The van der Waals surface area contributed by atoms with E-state index in [0.29, 0.717) is 42.6 Å². The largest absolute Gasteiger partial charge is 0.490 e. The summed E-state index contributed by atoms with van der Waals surface area (Å²) in [6.07, 6.45) is 55.6. The number of benzene rings is 2. The summed E-state index contributed by atoms with van der Waals surface area (Å²) in [7, 11) is 0. The van der Waals surface area contributed by atoms with Gasteiger partial charge in [0.1, 0.15) is 6.61 Å². The van der Waals surface area contributed by atoms with Crippen LogP contribution in [0.1, 0.15) is 306 Å². The van der Waals surface area contributed by atoms with Gasteiger partial charge < -0.3 is 18.9 Å². The molecule has 0 aromatic heterocycles. The van der Waals surface area contributed by atoms with E-state index in [9.17, 15) is 4.79 Å². The summed E-state index contributed by atoms with van der Waals surface area (Å²) < 4.78 is 25.5. The number of hydrogen-bond donors (Lipinski definition) is 0. The third kappa shape index (κ3) is 36.0. The van der Waals surface area contributed by atoms with Gasteiger partial charge in [0.05, 0.1) is 25.4 Å². The molecule has 0 bridgehead atoms. The first kappa shape index (κ1) is 60.4. The molecule has 0 radical (unpaired) electrons. The first-order valence-electron chi connectivity index (χ1n) is 29.5. The van der Waals surface area contributed by atoms with Crippen molar-refractivity contribution in [2.24, 2.45) is 0 Å². The fourth-order valence-corrected chi connectivity index (χ4v) is 9.29. The van der Waals surface area contributed by atoms with Crippen LogP contribution >= 0.6 is 0 Å². The quantitative estimate of drug-likeness (QED) is 0.0489. The Morgan fingerprint density at radius 1 is 0.343 bits per heavy atom. The number of carbonyl (C=O) groups is 1. The molecule has 0 spiro atoms. The minimum absolute atomic E-state index is 0.224. The monoisotopic (exact) mass is 933 g/mol. The van der Waals surface area contributed by atoms with E-state index >= 15 is 0 Å². The van der Waals surface area contributed by atoms with Gasteiger partial charge in [-0.3, -0.25) is 0 Å². The minimum atomic E-state index is -0.370. The highest BCUT2D eigenvalue weighted by Crippen LogP contribution is 2.40. The summed E-state index contributed by atoms with van der Waals surface area (Å²) in [5.74, 6) is 1.48. The summed E-state index contributed by atoms with van der Waals surface area (Å²) in [5.41, 5.74) is 1.42. The Morgan fingerprint density at radius 2 is 0.612 bits per heavy atom. The van der Waals surface area contributed by atoms with Gasteiger partial charge in [-0.05, 0) is 37.0 Å². The van der Waals surface area contributed by atoms with Crippen LogP contribution < -0.4 is 14.2 Å². The Balaban J connectivity index is 1.93. The van der Waals surface area contributed by atoms with Crippen LogP contribution in [0.5, 0.6) is 17.2 Å². The van der Waals surface area contributed by atoms with Crippen molar-refractivity contribution in [3.63, 3.8) is 0 Å². The van der Waals surface area contributed by atoms with Crippen molar-refractivity contribution in [1.82, 2.24) is 0 Å². The zero-order valence-corrected chi connectivity index (χ0v) is 44.6. The van der Waals surface area contributed by atoms with Crippen molar-refractivity contribution in [3.8, 4) is 17.2 Å². The predicted octanol–water partition coefficient (Wildman–Crippen LogP) is 20.6. The van der Waals surface area contributed by atoms with E-state index in [-0.39, 0.29) is 12.6 Å². The molecule has 5 heteroatoms. The zero-order chi connectivity index (χ0) is 47.8. The van der Waals surface area contributed by atoms with E-state index in [2.05, 4.69) is 20.8 Å². The molecule has 5 nitrogen and oxygen atoms in total. The molecular weight excluding hydrogens is 825 g/mol. The molecule has 0 aliphatic heterocycles. The van der Waals surface area contributed by atoms with Crippen molar-refractivity contribution in [3.05, 3.63) is 53.6 Å². The van der Waals surface area contributed by atoms with Gasteiger partial charge >= 0.3 is 5.97 Å². The van der Waals surface area contributed by atoms with Gasteiger partial charge in [-0.25, -0.2) is 4.79 Å². The maximum atomic E-state index is 13.6. The number of esters is 1. The summed E-state index contributed by atoms with van der Waals surface area (Å²) in [5, 5.41) is 0. The Morgan fingerprint density at radius 3 is 0.910 bits per heavy atom. The molecule has 0 saturated carbocycles. The molecule has 0 heterocycles. The molecular formula is C62H108O5. The molecule has 0 aliphatic rings. The van der Waals surface area contributed by atoms with E-state index in [1.807, 2.05) is 42.5 Å². The molecule has 2 aromatic rings. The molecule has 0 fully saturated rings. The highest BCUT2D eigenvalue weighted by Gasteiger charge is 2.20. The molecule has 0 amide bonds. The maximum absolute atomic E-state index is 13.6. The van der Waals surface area contributed by atoms with Crippen molar-refractivity contribution in [2.75, 3.05) is 19.8 Å². The standard InChI is InChI=1S/C62H108O5/c1-4-7-10-13-16-19-22-25-28-31-34-37-40-46-51-64-59-54-58(62(63)67-56-57-49-44-43-45-50-57)55-60(65-52-47-41-38-35-32-29-26-23-20-17-14-11-8-5-2)61(59)66-53-48-42-39-36-33-30-27-24-21-18-15-12-9-6-3/h43-45,49-50,54-55H,4-42,46-48,51-53,56H2,1-3H3. The summed E-state index contributed by atoms with van der Waals surface area (Å²) in [6.45, 7) is 8.90. The number of unbranched alkanes of at least 4 members (excludes halogenated alkanes) is 39. The Bertz CT molecular complexity index is 1290. The van der Waals surface area contributed by atoms with Crippen LogP contribution in [-0.4, -0.2) is 25.8 Å². The summed E-state index contributed by atoms with van der Waals surface area (Å²) >= 11 is 0. The number of ether oxygens (including phenoxy) is 4. The van der Waals surface area contributed by atoms with E-state index in [4.69, 9.17) is 18.9 Å². The third-order valence-corrected chi connectivity index (χ3v) is 13.7. The Hall–Kier alpha value is -2.69. The van der Waals surface area contributed by atoms with E-state index in [1.54, 1.807) is 0 Å². The highest BCUT2D eigenvalue weighted by molar-refractivity contribution is 5.91. The van der Waals surface area contributed by atoms with Gasteiger partial charge in [-0.2, -0.15) is 0 Å². The van der Waals surface area contributed by atoms with Crippen molar-refractivity contribution in [1.29, 1.82) is 0 Å². The van der Waals surface area contributed by atoms with Crippen LogP contribution in [0.15, 0.2) is 42.5 Å². The highest BCUT2D eigenvalue weighted by atomic mass is 16.5. The Kier molecular flexibility index (Phi) is 42.4. The maximum Gasteiger partial charge on any atom is 0.338 e. The molecule has 0 atom stereocenters. The molecule has 386 valence electrons. The third-order valence-electron chi connectivity index (χ3n) is 13.7. The number of hydrogen-bond acceptors (Lipinski definition) is 5. The molecule has 0 saturated heterocycles. The van der Waals surface area contributed by atoms with Crippen LogP contribution in [0.25, 0.3) is 0 Å². The first-order chi connectivity index (χ1) is 33.2. The minimum Gasteiger partial charge on any atom is -0.490 e. The smallest absolute Gasteiger partial charge is 0.338 e. The second-order valence-corrected chi connectivity index (χ2v) is 20.2. The average molecular weight is 934 g/mol. The van der Waals surface area contributed by atoms with Gasteiger partial charge in [0.25, 0.3) is 0 Å². The molecule has 0 aliphatic carbocycles. The van der Waals surface area contributed by atoms with Crippen LogP contribution in [-0.2, 0) is 11.3 Å². The SMILES string of the molecule is CCCCCCCCCCCCCCCCOc1cc(C(=O)OCc2ccccc2)cc(OCCCCCCCCCCCCCCCC)c1OCCCCCCCCCCCCCCCC. The lowest BCUT2D eigenvalue weighted by Crippen LogP contribution is -2.10. The molecule has 2 aromatic carbocycles. The zero-order valence-electron chi connectivity index (χ0n) is 44.6. The molecule has 0 unspecified atom stereocenters. The molecule has 67 heavy (non-hydrogen) atoms. The van der Waals surface area contributed by atoms with Crippen LogP contribution in [0.3, 0.4) is 0 Å². The van der Waals surface area contributed by atoms with Crippen LogP contribution in [0.2, 0.25) is 0 Å². The van der Waals surface area contributed by atoms with Crippen LogP contribution in [0, 0.1) is 0 Å². The lowest BCUT2D eigenvalue weighted by molar-refractivity contribution is 0.0471. The van der Waals surface area contributed by atoms with Gasteiger partial charge in [-0.15, -0.1) is 0 Å². The number of carbonyl (C=O) groups excluding carboxylic acids is 1. The number of rotatable bonds is 51. The summed E-state index contributed by atoms with van der Waals surface area (Å²) in [6, 6.07) is 13.6. The lowest BCUT2D eigenvalue weighted by atomic mass is 10.0. The molecule has 2 rings (SSSR count). The fraction of sp³-hybridized carbons (Fsp3) is 0.790. The van der Waals surface area contributed by atoms with Gasteiger partial charge in [0, 0.05) is 0 Å². The van der Waals surface area contributed by atoms with Gasteiger partial charge in [0.15, 0.2) is 11.5 Å². The average Bonchev–Trinajstić information content (AvgIpc) is 3.35. The van der Waals surface area contributed by atoms with Crippen molar-refractivity contribution < 1.29 is 23.7 Å². The van der Waals surface area contributed by atoms with Crippen molar-refractivity contribution in [2.45, 2.75) is 297 Å².